The van der Waals surface area contributed by atoms with E-state index in [1.54, 1.807) is 17.0 Å². The standard InChI is InChI=1S/C23H18ClN5O3/c1-31-12-17-19-21(28-27-17)32-20(26)16(10-25)23(19)15-4-2-3-5-18(15)29(22(23)30)11-13-6-8-14(24)9-7-13/h2-9H,11-12,26H2,1H3,(H,27,28)/t23-/m1/s1. The third-order valence-electron chi connectivity index (χ3n) is 5.83. The number of aromatic amines is 1. The molecule has 2 aliphatic heterocycles. The van der Waals surface area contributed by atoms with Gasteiger partial charge < -0.3 is 20.1 Å². The fraction of sp³-hybridized carbons (Fsp3) is 0.174. The minimum Gasteiger partial charge on any atom is -0.420 e. The molecule has 0 saturated heterocycles. The average Bonchev–Trinajstić information content (AvgIpc) is 3.29. The molecule has 8 nitrogen and oxygen atoms in total. The Morgan fingerprint density at radius 3 is 2.75 bits per heavy atom. The molecule has 2 aromatic carbocycles. The molecule has 3 N–H and O–H groups in total. The Bertz CT molecular complexity index is 1310. The Morgan fingerprint density at radius 1 is 1.28 bits per heavy atom. The quantitative estimate of drug-likeness (QED) is 0.634. The van der Waals surface area contributed by atoms with Crippen LogP contribution < -0.4 is 15.4 Å². The minimum atomic E-state index is -1.49. The second kappa shape index (κ2) is 7.41. The molecule has 5 rings (SSSR count). The number of halogens is 1. The first kappa shape index (κ1) is 20.1. The van der Waals surface area contributed by atoms with E-state index in [1.165, 1.54) is 7.11 Å². The highest BCUT2D eigenvalue weighted by atomic mass is 35.5. The lowest BCUT2D eigenvalue weighted by Gasteiger charge is -2.32. The fourth-order valence-electron chi connectivity index (χ4n) is 4.54. The van der Waals surface area contributed by atoms with Crippen LogP contribution >= 0.6 is 11.6 Å². The molecule has 0 radical (unpaired) electrons. The number of rotatable bonds is 4. The van der Waals surface area contributed by atoms with Crippen LogP contribution in [0.2, 0.25) is 5.02 Å². The third kappa shape index (κ3) is 2.65. The second-order valence-electron chi connectivity index (χ2n) is 7.55. The summed E-state index contributed by atoms with van der Waals surface area (Å²) in [6.07, 6.45) is 0. The number of nitriles is 1. The van der Waals surface area contributed by atoms with Crippen LogP contribution in [0.1, 0.15) is 22.4 Å². The second-order valence-corrected chi connectivity index (χ2v) is 7.99. The van der Waals surface area contributed by atoms with Crippen molar-refractivity contribution in [3.05, 3.63) is 87.4 Å². The molecule has 0 fully saturated rings. The van der Waals surface area contributed by atoms with Gasteiger partial charge in [0.2, 0.25) is 17.7 Å². The maximum Gasteiger partial charge on any atom is 0.248 e. The van der Waals surface area contributed by atoms with E-state index in [0.717, 1.165) is 5.56 Å². The number of hydrogen-bond acceptors (Lipinski definition) is 6. The predicted molar refractivity (Wildman–Crippen MR) is 117 cm³/mol. The van der Waals surface area contributed by atoms with Gasteiger partial charge in [-0.05, 0) is 23.8 Å². The van der Waals surface area contributed by atoms with E-state index >= 15 is 0 Å². The first-order valence-corrected chi connectivity index (χ1v) is 10.2. The summed E-state index contributed by atoms with van der Waals surface area (Å²) in [5, 5.41) is 17.8. The summed E-state index contributed by atoms with van der Waals surface area (Å²) in [5.74, 6) is -0.298. The Morgan fingerprint density at radius 2 is 2.03 bits per heavy atom. The number of nitrogens with zero attached hydrogens (tertiary/aromatic N) is 3. The fourth-order valence-corrected chi connectivity index (χ4v) is 4.66. The van der Waals surface area contributed by atoms with Gasteiger partial charge in [-0.3, -0.25) is 9.89 Å². The zero-order valence-electron chi connectivity index (χ0n) is 17.1. The molecular formula is C23H18ClN5O3. The third-order valence-corrected chi connectivity index (χ3v) is 6.08. The Kier molecular flexibility index (Phi) is 4.66. The van der Waals surface area contributed by atoms with Crippen LogP contribution in [0.15, 0.2) is 60.0 Å². The Labute approximate surface area is 188 Å². The van der Waals surface area contributed by atoms with E-state index in [0.29, 0.717) is 34.1 Å². The number of carbonyl (C=O) groups excluding carboxylic acids is 1. The summed E-state index contributed by atoms with van der Waals surface area (Å²) >= 11 is 6.03. The summed E-state index contributed by atoms with van der Waals surface area (Å²) < 4.78 is 10.9. The molecule has 0 bridgehead atoms. The zero-order valence-corrected chi connectivity index (χ0v) is 17.8. The van der Waals surface area contributed by atoms with Gasteiger partial charge in [0, 0.05) is 23.4 Å². The van der Waals surface area contributed by atoms with Crippen LogP contribution in [0.4, 0.5) is 5.69 Å². The topological polar surface area (TPSA) is 117 Å². The summed E-state index contributed by atoms with van der Waals surface area (Å²) in [6, 6.07) is 16.8. The van der Waals surface area contributed by atoms with Gasteiger partial charge in [-0.15, -0.1) is 5.10 Å². The molecule has 3 heterocycles. The van der Waals surface area contributed by atoms with Crippen molar-refractivity contribution < 1.29 is 14.3 Å². The SMILES string of the molecule is COCc1[nH]nc2c1[C@]1(C(=O)N(Cc3ccc(Cl)cc3)c3ccccc31)C(C#N)=C(N)O2. The molecule has 32 heavy (non-hydrogen) atoms. The van der Waals surface area contributed by atoms with E-state index in [9.17, 15) is 10.1 Å². The maximum atomic E-state index is 14.3. The zero-order chi connectivity index (χ0) is 22.5. The predicted octanol–water partition coefficient (Wildman–Crippen LogP) is 3.13. The highest BCUT2D eigenvalue weighted by Gasteiger charge is 2.60. The monoisotopic (exact) mass is 447 g/mol. The lowest BCUT2D eigenvalue weighted by Crippen LogP contribution is -2.46. The van der Waals surface area contributed by atoms with E-state index in [2.05, 4.69) is 16.3 Å². The Hall–Kier alpha value is -3.80. The van der Waals surface area contributed by atoms with Gasteiger partial charge in [0.05, 0.1) is 24.4 Å². The number of anilines is 1. The molecule has 160 valence electrons. The highest BCUT2D eigenvalue weighted by Crippen LogP contribution is 2.56. The number of benzene rings is 2. The molecule has 3 aromatic rings. The maximum absolute atomic E-state index is 14.3. The molecule has 1 amide bonds. The van der Waals surface area contributed by atoms with E-state index in [4.69, 9.17) is 26.8 Å². The van der Waals surface area contributed by atoms with Crippen molar-refractivity contribution in [3.8, 4) is 11.9 Å². The molecule has 1 spiro atoms. The number of carbonyl (C=O) groups is 1. The highest BCUT2D eigenvalue weighted by molar-refractivity contribution is 6.30. The minimum absolute atomic E-state index is 0.0276. The number of aromatic nitrogens is 2. The van der Waals surface area contributed by atoms with E-state index in [-0.39, 0.29) is 29.9 Å². The molecule has 0 aliphatic carbocycles. The molecular weight excluding hydrogens is 430 g/mol. The van der Waals surface area contributed by atoms with Gasteiger partial charge in [-0.25, -0.2) is 0 Å². The van der Waals surface area contributed by atoms with Gasteiger partial charge >= 0.3 is 0 Å². The summed E-state index contributed by atoms with van der Waals surface area (Å²) in [4.78, 5) is 15.9. The largest absolute Gasteiger partial charge is 0.420 e. The van der Waals surface area contributed by atoms with Crippen LogP contribution in [0, 0.1) is 11.3 Å². The lowest BCUT2D eigenvalue weighted by molar-refractivity contribution is -0.121. The van der Waals surface area contributed by atoms with Crippen molar-refractivity contribution >= 4 is 23.2 Å². The van der Waals surface area contributed by atoms with Gasteiger partial charge in [0.25, 0.3) is 0 Å². The van der Waals surface area contributed by atoms with Gasteiger partial charge in [-0.1, -0.05) is 41.9 Å². The molecule has 0 saturated carbocycles. The molecule has 0 unspecified atom stereocenters. The first-order chi connectivity index (χ1) is 15.5. The van der Waals surface area contributed by atoms with Gasteiger partial charge in [0.1, 0.15) is 17.1 Å². The number of ether oxygens (including phenoxy) is 2. The number of methoxy groups -OCH3 is 1. The average molecular weight is 448 g/mol. The number of nitrogens with two attached hydrogens (primary N) is 1. The van der Waals surface area contributed by atoms with E-state index in [1.807, 2.05) is 36.4 Å². The van der Waals surface area contributed by atoms with Crippen LogP contribution in [0.5, 0.6) is 5.88 Å². The van der Waals surface area contributed by atoms with Crippen LogP contribution in [0.3, 0.4) is 0 Å². The molecule has 2 aliphatic rings. The van der Waals surface area contributed by atoms with Crippen molar-refractivity contribution in [1.82, 2.24) is 10.2 Å². The van der Waals surface area contributed by atoms with Crippen LogP contribution in [-0.4, -0.2) is 23.2 Å². The van der Waals surface area contributed by atoms with Crippen molar-refractivity contribution in [2.75, 3.05) is 12.0 Å². The molecule has 1 aromatic heterocycles. The molecule has 9 heteroatoms. The van der Waals surface area contributed by atoms with Crippen molar-refractivity contribution in [1.29, 1.82) is 5.26 Å². The van der Waals surface area contributed by atoms with Gasteiger partial charge in [-0.2, -0.15) is 5.26 Å². The normalized spacial score (nSPS) is 19.0. The lowest BCUT2D eigenvalue weighted by atomic mass is 9.69. The summed E-state index contributed by atoms with van der Waals surface area (Å²) in [5.41, 5.74) is 7.88. The van der Waals surface area contributed by atoms with Crippen molar-refractivity contribution in [2.45, 2.75) is 18.6 Å². The van der Waals surface area contributed by atoms with Crippen molar-refractivity contribution in [3.63, 3.8) is 0 Å². The number of para-hydroxylation sites is 1. The van der Waals surface area contributed by atoms with E-state index < -0.39 is 5.41 Å². The van der Waals surface area contributed by atoms with Gasteiger partial charge in [0.15, 0.2) is 0 Å². The Balaban J connectivity index is 1.77. The molecule has 1 atom stereocenters. The van der Waals surface area contributed by atoms with Crippen LogP contribution in [0.25, 0.3) is 0 Å². The number of fused-ring (bicyclic) bond motifs is 4. The summed E-state index contributed by atoms with van der Waals surface area (Å²) in [7, 11) is 1.54. The van der Waals surface area contributed by atoms with Crippen molar-refractivity contribution in [2.24, 2.45) is 5.73 Å². The number of nitrogens with one attached hydrogen (secondary N) is 1. The first-order valence-electron chi connectivity index (χ1n) is 9.83. The number of H-pyrrole nitrogens is 1. The number of amides is 1. The van der Waals surface area contributed by atoms with Crippen LogP contribution in [-0.2, 0) is 28.1 Å². The number of hydrogen-bond donors (Lipinski definition) is 2. The summed E-state index contributed by atoms with van der Waals surface area (Å²) in [6.45, 7) is 0.444. The smallest absolute Gasteiger partial charge is 0.248 e.